The van der Waals surface area contributed by atoms with Crippen molar-refractivity contribution in [1.82, 2.24) is 4.90 Å². The number of nitrogens with two attached hydrogens (primary N) is 1. The van der Waals surface area contributed by atoms with Crippen LogP contribution in [0, 0.1) is 11.6 Å². The zero-order valence-electron chi connectivity index (χ0n) is 11.8. The van der Waals surface area contributed by atoms with Crippen LogP contribution in [-0.2, 0) is 4.74 Å². The molecule has 2 rings (SSSR count). The van der Waals surface area contributed by atoms with Gasteiger partial charge in [0.15, 0.2) is 0 Å². The lowest BCUT2D eigenvalue weighted by Crippen LogP contribution is -2.37. The van der Waals surface area contributed by atoms with E-state index in [9.17, 15) is 8.78 Å². The third-order valence-electron chi connectivity index (χ3n) is 3.66. The molecule has 2 N–H and O–H groups in total. The van der Waals surface area contributed by atoms with E-state index in [0.717, 1.165) is 38.1 Å². The lowest BCUT2D eigenvalue weighted by molar-refractivity contribution is -0.00217. The van der Waals surface area contributed by atoms with E-state index in [1.165, 1.54) is 12.5 Å². The Morgan fingerprint density at radius 1 is 1.40 bits per heavy atom. The van der Waals surface area contributed by atoms with Gasteiger partial charge in [0.1, 0.15) is 11.6 Å². The number of hydrogen-bond acceptors (Lipinski definition) is 3. The molecular weight excluding hydrogens is 262 g/mol. The minimum absolute atomic E-state index is 0.221. The molecule has 0 aliphatic carbocycles. The minimum atomic E-state index is -0.542. The second-order valence-corrected chi connectivity index (χ2v) is 5.48. The van der Waals surface area contributed by atoms with Crippen LogP contribution in [0.4, 0.5) is 8.78 Å². The van der Waals surface area contributed by atoms with Crippen molar-refractivity contribution in [1.29, 1.82) is 0 Å². The van der Waals surface area contributed by atoms with Crippen LogP contribution in [0.5, 0.6) is 0 Å². The third-order valence-corrected chi connectivity index (χ3v) is 3.66. The van der Waals surface area contributed by atoms with Crippen molar-refractivity contribution in [2.75, 3.05) is 26.7 Å². The molecule has 1 saturated heterocycles. The normalized spacial score (nSPS) is 21.1. The fourth-order valence-electron chi connectivity index (χ4n) is 2.61. The van der Waals surface area contributed by atoms with Gasteiger partial charge in [0.2, 0.25) is 0 Å². The van der Waals surface area contributed by atoms with Crippen molar-refractivity contribution in [3.63, 3.8) is 0 Å². The molecule has 2 atom stereocenters. The average molecular weight is 284 g/mol. The fourth-order valence-corrected chi connectivity index (χ4v) is 2.61. The summed E-state index contributed by atoms with van der Waals surface area (Å²) in [5, 5.41) is 0. The minimum Gasteiger partial charge on any atom is -0.377 e. The first kappa shape index (κ1) is 15.4. The van der Waals surface area contributed by atoms with E-state index in [4.69, 9.17) is 10.5 Å². The van der Waals surface area contributed by atoms with Gasteiger partial charge < -0.3 is 15.4 Å². The molecule has 0 saturated carbocycles. The van der Waals surface area contributed by atoms with Gasteiger partial charge in [0.05, 0.1) is 6.10 Å². The number of likely N-dealkylation sites (N-methyl/N-ethyl adjacent to an activating group) is 1. The highest BCUT2D eigenvalue weighted by atomic mass is 19.1. The first-order valence-electron chi connectivity index (χ1n) is 7.07. The zero-order valence-corrected chi connectivity index (χ0v) is 11.8. The van der Waals surface area contributed by atoms with Gasteiger partial charge in [-0.3, -0.25) is 0 Å². The standard InChI is InChI=1S/C15H22F2N2O/c1-19(9-12-4-2-3-7-20-12)10-15(18)13-8-11(16)5-6-14(13)17/h5-6,8,12,15H,2-4,7,9-10,18H2,1H3. The van der Waals surface area contributed by atoms with Gasteiger partial charge in [-0.05, 0) is 44.5 Å². The van der Waals surface area contributed by atoms with Crippen molar-refractivity contribution in [2.24, 2.45) is 5.73 Å². The van der Waals surface area contributed by atoms with Crippen LogP contribution < -0.4 is 5.73 Å². The van der Waals surface area contributed by atoms with Crippen LogP contribution in [0.25, 0.3) is 0 Å². The molecule has 1 aliphatic heterocycles. The van der Waals surface area contributed by atoms with Crippen LogP contribution in [0.1, 0.15) is 30.9 Å². The molecule has 0 aromatic heterocycles. The Bertz CT molecular complexity index is 436. The fraction of sp³-hybridized carbons (Fsp3) is 0.600. The summed E-state index contributed by atoms with van der Waals surface area (Å²) in [5.41, 5.74) is 6.21. The quantitative estimate of drug-likeness (QED) is 0.902. The average Bonchev–Trinajstić information content (AvgIpc) is 2.42. The molecule has 5 heteroatoms. The number of hydrogen-bond donors (Lipinski definition) is 1. The first-order valence-corrected chi connectivity index (χ1v) is 7.07. The number of ether oxygens (including phenoxy) is 1. The molecule has 1 aliphatic rings. The second-order valence-electron chi connectivity index (χ2n) is 5.48. The number of halogens is 2. The Kier molecular flexibility index (Phi) is 5.46. The van der Waals surface area contributed by atoms with Crippen molar-refractivity contribution in [2.45, 2.75) is 31.4 Å². The molecule has 20 heavy (non-hydrogen) atoms. The van der Waals surface area contributed by atoms with Gasteiger partial charge in [-0.1, -0.05) is 0 Å². The molecule has 1 aromatic rings. The summed E-state index contributed by atoms with van der Waals surface area (Å²) in [6, 6.07) is 2.85. The highest BCUT2D eigenvalue weighted by molar-refractivity contribution is 5.22. The largest absolute Gasteiger partial charge is 0.377 e. The highest BCUT2D eigenvalue weighted by Crippen LogP contribution is 2.18. The molecule has 0 spiro atoms. The summed E-state index contributed by atoms with van der Waals surface area (Å²) < 4.78 is 32.5. The molecule has 112 valence electrons. The smallest absolute Gasteiger partial charge is 0.128 e. The lowest BCUT2D eigenvalue weighted by Gasteiger charge is -2.29. The highest BCUT2D eigenvalue weighted by Gasteiger charge is 2.19. The van der Waals surface area contributed by atoms with Crippen molar-refractivity contribution < 1.29 is 13.5 Å². The van der Waals surface area contributed by atoms with Gasteiger partial charge in [0, 0.05) is 31.3 Å². The topological polar surface area (TPSA) is 38.5 Å². The Morgan fingerprint density at radius 2 is 2.20 bits per heavy atom. The van der Waals surface area contributed by atoms with E-state index in [2.05, 4.69) is 0 Å². The van der Waals surface area contributed by atoms with Crippen molar-refractivity contribution >= 4 is 0 Å². The summed E-state index contributed by atoms with van der Waals surface area (Å²) in [5.74, 6) is -0.920. The van der Waals surface area contributed by atoms with E-state index >= 15 is 0 Å². The Labute approximate surface area is 118 Å². The maximum absolute atomic E-state index is 13.6. The maximum Gasteiger partial charge on any atom is 0.128 e. The Balaban J connectivity index is 1.89. The van der Waals surface area contributed by atoms with E-state index in [1.807, 2.05) is 11.9 Å². The van der Waals surface area contributed by atoms with Crippen LogP contribution in [0.3, 0.4) is 0 Å². The summed E-state index contributed by atoms with van der Waals surface area (Å²) in [7, 11) is 1.93. The van der Waals surface area contributed by atoms with Gasteiger partial charge in [0.25, 0.3) is 0 Å². The van der Waals surface area contributed by atoms with Gasteiger partial charge >= 0.3 is 0 Å². The van der Waals surface area contributed by atoms with E-state index in [-0.39, 0.29) is 11.7 Å². The van der Waals surface area contributed by atoms with Gasteiger partial charge in [-0.15, -0.1) is 0 Å². The predicted octanol–water partition coefficient (Wildman–Crippen LogP) is 2.47. The van der Waals surface area contributed by atoms with E-state index < -0.39 is 17.7 Å². The van der Waals surface area contributed by atoms with E-state index in [1.54, 1.807) is 0 Å². The molecule has 2 unspecified atom stereocenters. The molecule has 1 heterocycles. The Hall–Kier alpha value is -1.04. The third kappa shape index (κ3) is 4.23. The van der Waals surface area contributed by atoms with Gasteiger partial charge in [-0.2, -0.15) is 0 Å². The zero-order chi connectivity index (χ0) is 14.5. The van der Waals surface area contributed by atoms with Crippen LogP contribution in [0.15, 0.2) is 18.2 Å². The van der Waals surface area contributed by atoms with E-state index in [0.29, 0.717) is 6.54 Å². The molecular formula is C15H22F2N2O. The summed E-state index contributed by atoms with van der Waals surface area (Å²) in [4.78, 5) is 2.02. The van der Waals surface area contributed by atoms with Crippen molar-refractivity contribution in [3.8, 4) is 0 Å². The number of rotatable bonds is 5. The van der Waals surface area contributed by atoms with Crippen LogP contribution in [0.2, 0.25) is 0 Å². The van der Waals surface area contributed by atoms with Crippen LogP contribution >= 0.6 is 0 Å². The Morgan fingerprint density at radius 3 is 2.90 bits per heavy atom. The lowest BCUT2D eigenvalue weighted by atomic mass is 10.1. The maximum atomic E-state index is 13.6. The SMILES string of the molecule is CN(CC1CCCCO1)CC(N)c1cc(F)ccc1F. The number of nitrogens with zero attached hydrogens (tertiary/aromatic N) is 1. The molecule has 0 bridgehead atoms. The van der Waals surface area contributed by atoms with Crippen molar-refractivity contribution in [3.05, 3.63) is 35.4 Å². The molecule has 3 nitrogen and oxygen atoms in total. The summed E-state index contributed by atoms with van der Waals surface area (Å²) >= 11 is 0. The predicted molar refractivity (Wildman–Crippen MR) is 74.4 cm³/mol. The van der Waals surface area contributed by atoms with Crippen LogP contribution in [-0.4, -0.2) is 37.7 Å². The second kappa shape index (κ2) is 7.11. The summed E-state index contributed by atoms with van der Waals surface area (Å²) in [6.45, 7) is 2.05. The summed E-state index contributed by atoms with van der Waals surface area (Å²) in [6.07, 6.45) is 3.57. The first-order chi connectivity index (χ1) is 9.56. The number of benzene rings is 1. The molecule has 0 amide bonds. The monoisotopic (exact) mass is 284 g/mol. The molecule has 0 radical (unpaired) electrons. The molecule has 1 aromatic carbocycles. The van der Waals surface area contributed by atoms with Gasteiger partial charge in [-0.25, -0.2) is 8.78 Å². The molecule has 1 fully saturated rings.